The van der Waals surface area contributed by atoms with Gasteiger partial charge in [-0.15, -0.1) is 0 Å². The molecule has 0 saturated carbocycles. The van der Waals surface area contributed by atoms with E-state index < -0.39 is 0 Å². The average Bonchev–Trinajstić information content (AvgIpc) is 2.68. The number of ketones is 1. The molecule has 2 aromatic rings. The number of aromatic nitrogens is 1. The average molecular weight is 352 g/mol. The van der Waals surface area contributed by atoms with E-state index >= 15 is 0 Å². The summed E-state index contributed by atoms with van der Waals surface area (Å²) in [6.07, 6.45) is 1.64. The Morgan fingerprint density at radius 2 is 1.73 bits per heavy atom. The lowest BCUT2D eigenvalue weighted by molar-refractivity contribution is 0.0643. The van der Waals surface area contributed by atoms with E-state index in [0.29, 0.717) is 16.9 Å². The van der Waals surface area contributed by atoms with Crippen molar-refractivity contribution in [1.82, 2.24) is 14.8 Å². The predicted molar refractivity (Wildman–Crippen MR) is 102 cm³/mol. The lowest BCUT2D eigenvalue weighted by atomic mass is 10.1. The molecule has 0 aliphatic carbocycles. The Morgan fingerprint density at radius 1 is 1.04 bits per heavy atom. The topological polar surface area (TPSA) is 65.5 Å². The lowest BCUT2D eigenvalue weighted by Gasteiger charge is -2.34. The molecule has 6 heteroatoms. The summed E-state index contributed by atoms with van der Waals surface area (Å²) in [7, 11) is 0. The maximum atomic E-state index is 12.7. The second kappa shape index (κ2) is 8.10. The molecule has 1 aliphatic rings. The number of hydrogen-bond acceptors (Lipinski definition) is 5. The number of anilines is 2. The van der Waals surface area contributed by atoms with Crippen LogP contribution in [0.2, 0.25) is 0 Å². The molecular formula is C20H24N4O2. The fourth-order valence-electron chi connectivity index (χ4n) is 3.02. The molecule has 0 radical (unpaired) electrons. The molecule has 6 nitrogen and oxygen atoms in total. The van der Waals surface area contributed by atoms with Gasteiger partial charge in [-0.05, 0) is 49.9 Å². The quantitative estimate of drug-likeness (QED) is 0.838. The second-order valence-corrected chi connectivity index (χ2v) is 6.41. The zero-order chi connectivity index (χ0) is 18.5. The highest BCUT2D eigenvalue weighted by molar-refractivity contribution is 5.95. The second-order valence-electron chi connectivity index (χ2n) is 6.41. The Morgan fingerprint density at radius 3 is 2.35 bits per heavy atom. The number of benzene rings is 1. The number of nitrogens with zero attached hydrogens (tertiary/aromatic N) is 3. The van der Waals surface area contributed by atoms with Crippen molar-refractivity contribution in [2.75, 3.05) is 38.0 Å². The Balaban J connectivity index is 1.68. The number of piperazine rings is 1. The number of carbonyl (C=O) groups excluding carboxylic acids is 2. The number of amides is 1. The molecule has 0 spiro atoms. The minimum Gasteiger partial charge on any atom is -0.340 e. The van der Waals surface area contributed by atoms with Gasteiger partial charge >= 0.3 is 0 Å². The molecular weight excluding hydrogens is 328 g/mol. The van der Waals surface area contributed by atoms with Crippen molar-refractivity contribution in [3.63, 3.8) is 0 Å². The van der Waals surface area contributed by atoms with Crippen molar-refractivity contribution >= 4 is 23.2 Å². The number of nitrogens with one attached hydrogen (secondary N) is 1. The third kappa shape index (κ3) is 4.26. The molecule has 3 rings (SSSR count). The van der Waals surface area contributed by atoms with Gasteiger partial charge in [0.1, 0.15) is 5.82 Å². The highest BCUT2D eigenvalue weighted by Crippen LogP contribution is 2.18. The number of rotatable bonds is 5. The van der Waals surface area contributed by atoms with Gasteiger partial charge in [0, 0.05) is 49.2 Å². The number of pyridine rings is 1. The van der Waals surface area contributed by atoms with Crippen LogP contribution in [0.3, 0.4) is 0 Å². The van der Waals surface area contributed by atoms with Crippen molar-refractivity contribution in [3.05, 3.63) is 53.7 Å². The highest BCUT2D eigenvalue weighted by Gasteiger charge is 2.21. The molecule has 1 fully saturated rings. The number of likely N-dealkylation sites (N-methyl/N-ethyl adjacent to an activating group) is 1. The highest BCUT2D eigenvalue weighted by atomic mass is 16.2. The number of hydrogen-bond donors (Lipinski definition) is 1. The number of carbonyl (C=O) groups is 2. The van der Waals surface area contributed by atoms with Gasteiger partial charge in [0.25, 0.3) is 5.91 Å². The van der Waals surface area contributed by atoms with Gasteiger partial charge in [0.15, 0.2) is 5.78 Å². The minimum atomic E-state index is 0.0328. The van der Waals surface area contributed by atoms with E-state index in [-0.39, 0.29) is 11.7 Å². The van der Waals surface area contributed by atoms with Crippen molar-refractivity contribution in [2.45, 2.75) is 13.8 Å². The van der Waals surface area contributed by atoms with Crippen LogP contribution < -0.4 is 5.32 Å². The minimum absolute atomic E-state index is 0.0328. The van der Waals surface area contributed by atoms with Gasteiger partial charge in [-0.25, -0.2) is 4.98 Å². The van der Waals surface area contributed by atoms with E-state index in [1.54, 1.807) is 37.4 Å². The SMILES string of the molecule is CCN1CCN(C(=O)c2ccnc(Nc3ccc(C(C)=O)cc3)c2)CC1. The van der Waals surface area contributed by atoms with E-state index in [2.05, 4.69) is 22.1 Å². The summed E-state index contributed by atoms with van der Waals surface area (Å²) in [6, 6.07) is 10.7. The van der Waals surface area contributed by atoms with E-state index in [1.807, 2.05) is 17.0 Å². The number of Topliss-reactive ketones (excluding diaryl/α,β-unsaturated/α-hetero) is 1. The van der Waals surface area contributed by atoms with E-state index in [9.17, 15) is 9.59 Å². The van der Waals surface area contributed by atoms with Crippen LogP contribution >= 0.6 is 0 Å². The maximum Gasteiger partial charge on any atom is 0.254 e. The molecule has 1 aromatic carbocycles. The Bertz CT molecular complexity index is 781. The molecule has 26 heavy (non-hydrogen) atoms. The van der Waals surface area contributed by atoms with Gasteiger partial charge < -0.3 is 15.1 Å². The molecule has 0 bridgehead atoms. The van der Waals surface area contributed by atoms with Crippen molar-refractivity contribution in [1.29, 1.82) is 0 Å². The first-order valence-electron chi connectivity index (χ1n) is 8.92. The Labute approximate surface area is 153 Å². The van der Waals surface area contributed by atoms with Gasteiger partial charge in [0.05, 0.1) is 0 Å². The fraction of sp³-hybridized carbons (Fsp3) is 0.350. The first kappa shape index (κ1) is 18.1. The van der Waals surface area contributed by atoms with Gasteiger partial charge in [-0.1, -0.05) is 6.92 Å². The third-order valence-electron chi connectivity index (χ3n) is 4.68. The summed E-state index contributed by atoms with van der Waals surface area (Å²) in [5, 5.41) is 3.18. The van der Waals surface area contributed by atoms with Crippen LogP contribution in [0.15, 0.2) is 42.6 Å². The largest absolute Gasteiger partial charge is 0.340 e. The van der Waals surface area contributed by atoms with Crippen molar-refractivity contribution in [2.24, 2.45) is 0 Å². The van der Waals surface area contributed by atoms with Crippen LogP contribution in [0.25, 0.3) is 0 Å². The van der Waals surface area contributed by atoms with Gasteiger partial charge in [-0.2, -0.15) is 0 Å². The monoisotopic (exact) mass is 352 g/mol. The van der Waals surface area contributed by atoms with Crippen LogP contribution in [0.5, 0.6) is 0 Å². The summed E-state index contributed by atoms with van der Waals surface area (Å²) < 4.78 is 0. The first-order chi connectivity index (χ1) is 12.6. The Hall–Kier alpha value is -2.73. The van der Waals surface area contributed by atoms with Crippen LogP contribution in [-0.4, -0.2) is 59.2 Å². The molecule has 2 heterocycles. The standard InChI is InChI=1S/C20H24N4O2/c1-3-23-10-12-24(13-11-23)20(26)17-8-9-21-19(14-17)22-18-6-4-16(5-7-18)15(2)25/h4-9,14H,3,10-13H2,1-2H3,(H,21,22). The molecule has 1 saturated heterocycles. The third-order valence-corrected chi connectivity index (χ3v) is 4.68. The smallest absolute Gasteiger partial charge is 0.254 e. The normalized spacial score (nSPS) is 14.9. The summed E-state index contributed by atoms with van der Waals surface area (Å²) in [6.45, 7) is 8.05. The first-order valence-corrected chi connectivity index (χ1v) is 8.92. The zero-order valence-corrected chi connectivity index (χ0v) is 15.2. The van der Waals surface area contributed by atoms with Crippen LogP contribution in [0.4, 0.5) is 11.5 Å². The van der Waals surface area contributed by atoms with Crippen LogP contribution in [0.1, 0.15) is 34.6 Å². The van der Waals surface area contributed by atoms with E-state index in [0.717, 1.165) is 38.4 Å². The van der Waals surface area contributed by atoms with Gasteiger partial charge in [-0.3, -0.25) is 9.59 Å². The molecule has 1 N–H and O–H groups in total. The molecule has 136 valence electrons. The zero-order valence-electron chi connectivity index (χ0n) is 15.2. The summed E-state index contributed by atoms with van der Waals surface area (Å²) >= 11 is 0. The molecule has 1 aromatic heterocycles. The molecule has 0 unspecified atom stereocenters. The summed E-state index contributed by atoms with van der Waals surface area (Å²) in [5.41, 5.74) is 2.12. The predicted octanol–water partition coefficient (Wildman–Crippen LogP) is 2.81. The fourth-order valence-corrected chi connectivity index (χ4v) is 3.02. The van der Waals surface area contributed by atoms with Crippen molar-refractivity contribution in [3.8, 4) is 0 Å². The van der Waals surface area contributed by atoms with Crippen molar-refractivity contribution < 1.29 is 9.59 Å². The van der Waals surface area contributed by atoms with Crippen LogP contribution in [0, 0.1) is 0 Å². The van der Waals surface area contributed by atoms with Crippen LogP contribution in [-0.2, 0) is 0 Å². The molecule has 1 aliphatic heterocycles. The maximum absolute atomic E-state index is 12.7. The summed E-state index contributed by atoms with van der Waals surface area (Å²) in [5.74, 6) is 0.683. The Kier molecular flexibility index (Phi) is 5.63. The lowest BCUT2D eigenvalue weighted by Crippen LogP contribution is -2.48. The van der Waals surface area contributed by atoms with E-state index in [1.165, 1.54) is 0 Å². The van der Waals surface area contributed by atoms with E-state index in [4.69, 9.17) is 0 Å². The summed E-state index contributed by atoms with van der Waals surface area (Å²) in [4.78, 5) is 32.6. The van der Waals surface area contributed by atoms with Gasteiger partial charge in [0.2, 0.25) is 0 Å². The molecule has 1 amide bonds. The molecule has 0 atom stereocenters.